The van der Waals surface area contributed by atoms with Gasteiger partial charge in [0.1, 0.15) is 6.10 Å². The van der Waals surface area contributed by atoms with Gasteiger partial charge in [0.2, 0.25) is 0 Å². The lowest BCUT2D eigenvalue weighted by atomic mass is 9.90. The first-order valence-corrected chi connectivity index (χ1v) is 11.4. The maximum absolute atomic E-state index is 12.6. The first-order chi connectivity index (χ1) is 13.9. The van der Waals surface area contributed by atoms with Gasteiger partial charge in [-0.25, -0.2) is 0 Å². The molecule has 3 rings (SSSR count). The van der Waals surface area contributed by atoms with E-state index in [4.69, 9.17) is 14.2 Å². The fraction of sp³-hybridized carbons (Fsp3) is 0.720. The van der Waals surface area contributed by atoms with Gasteiger partial charge in [-0.15, -0.1) is 0 Å². The fourth-order valence-electron chi connectivity index (χ4n) is 4.84. The van der Waals surface area contributed by atoms with Crippen molar-refractivity contribution in [2.45, 2.75) is 103 Å². The van der Waals surface area contributed by atoms with Crippen molar-refractivity contribution in [3.05, 3.63) is 36.5 Å². The van der Waals surface area contributed by atoms with E-state index in [1.807, 2.05) is 19.1 Å². The number of hydrogen-bond acceptors (Lipinski definition) is 4. The molecule has 2 saturated heterocycles. The van der Waals surface area contributed by atoms with Crippen LogP contribution in [0.3, 0.4) is 0 Å². The molecule has 3 heterocycles. The molecule has 1 unspecified atom stereocenters. The van der Waals surface area contributed by atoms with Crippen LogP contribution in [0.4, 0.5) is 0 Å². The van der Waals surface area contributed by atoms with Crippen LogP contribution in [0.5, 0.6) is 0 Å². The average Bonchev–Trinajstić information content (AvgIpc) is 2.65. The lowest BCUT2D eigenvalue weighted by molar-refractivity contribution is -0.154. The summed E-state index contributed by atoms with van der Waals surface area (Å²) in [6, 6.07) is 0. The Kier molecular flexibility index (Phi) is 8.14. The number of hydrogen-bond donors (Lipinski definition) is 0. The van der Waals surface area contributed by atoms with Crippen molar-refractivity contribution in [2.24, 2.45) is 11.8 Å². The first-order valence-electron chi connectivity index (χ1n) is 11.4. The van der Waals surface area contributed by atoms with Gasteiger partial charge < -0.3 is 14.2 Å². The number of cyclic esters (lactones) is 1. The molecule has 0 N–H and O–H groups in total. The molecule has 2 fully saturated rings. The number of ether oxygens (including phenoxy) is 3. The van der Waals surface area contributed by atoms with E-state index in [0.717, 1.165) is 38.5 Å². The lowest BCUT2D eigenvalue weighted by Crippen LogP contribution is -2.37. The average molecular weight is 403 g/mol. The summed E-state index contributed by atoms with van der Waals surface area (Å²) in [5.41, 5.74) is 1.17. The van der Waals surface area contributed by atoms with Crippen molar-refractivity contribution < 1.29 is 19.0 Å². The zero-order valence-corrected chi connectivity index (χ0v) is 18.3. The van der Waals surface area contributed by atoms with Crippen LogP contribution >= 0.6 is 0 Å². The van der Waals surface area contributed by atoms with Gasteiger partial charge in [-0.2, -0.15) is 0 Å². The number of carbonyl (C=O) groups is 1. The molecule has 29 heavy (non-hydrogen) atoms. The standard InChI is InChI=1S/C25H38O4/c1-5-7-24-19(4)11-10-17(2)12-20-8-6-9-21(27-20)15-22-13-18(3)14-23(28-22)16-25(26)29-24/h5,7,10-11,17,19-24H,3,6,8-9,12-16H2,1-2,4H3/b7-5+,11-10+/t17-,19-,20+,21-,22?,23-,24-/m0/s1. The van der Waals surface area contributed by atoms with Crippen LogP contribution in [0.25, 0.3) is 0 Å². The van der Waals surface area contributed by atoms with E-state index in [-0.39, 0.29) is 42.7 Å². The molecule has 0 radical (unpaired) electrons. The zero-order valence-electron chi connectivity index (χ0n) is 18.3. The molecule has 0 amide bonds. The van der Waals surface area contributed by atoms with Crippen LogP contribution < -0.4 is 0 Å². The molecule has 4 nitrogen and oxygen atoms in total. The topological polar surface area (TPSA) is 44.8 Å². The predicted molar refractivity (Wildman–Crippen MR) is 116 cm³/mol. The summed E-state index contributed by atoms with van der Waals surface area (Å²) in [7, 11) is 0. The molecule has 4 heteroatoms. The van der Waals surface area contributed by atoms with E-state index in [9.17, 15) is 4.79 Å². The highest BCUT2D eigenvalue weighted by atomic mass is 16.5. The highest BCUT2D eigenvalue weighted by Crippen LogP contribution is 2.33. The minimum Gasteiger partial charge on any atom is -0.457 e. The number of rotatable bonds is 1. The lowest BCUT2D eigenvalue weighted by Gasteiger charge is -2.37. The molecule has 0 saturated carbocycles. The third-order valence-electron chi connectivity index (χ3n) is 6.32. The van der Waals surface area contributed by atoms with Crippen LogP contribution in [0.15, 0.2) is 36.5 Å². The van der Waals surface area contributed by atoms with Gasteiger partial charge in [0.05, 0.1) is 30.8 Å². The van der Waals surface area contributed by atoms with Crippen molar-refractivity contribution >= 4 is 5.97 Å². The van der Waals surface area contributed by atoms with E-state index in [0.29, 0.717) is 12.0 Å². The Morgan fingerprint density at radius 3 is 2.41 bits per heavy atom. The minimum atomic E-state index is -0.248. The summed E-state index contributed by atoms with van der Waals surface area (Å²) in [5, 5.41) is 0. The maximum atomic E-state index is 12.6. The summed E-state index contributed by atoms with van der Waals surface area (Å²) < 4.78 is 18.6. The summed E-state index contributed by atoms with van der Waals surface area (Å²) in [6.45, 7) is 10.5. The fourth-order valence-corrected chi connectivity index (χ4v) is 4.84. The van der Waals surface area contributed by atoms with E-state index < -0.39 is 0 Å². The molecule has 4 bridgehead atoms. The van der Waals surface area contributed by atoms with Crippen LogP contribution in [0, 0.1) is 11.8 Å². The van der Waals surface area contributed by atoms with Gasteiger partial charge in [0.15, 0.2) is 0 Å². The zero-order chi connectivity index (χ0) is 20.8. The molecular formula is C25H38O4. The Balaban J connectivity index is 1.78. The molecule has 0 aromatic heterocycles. The van der Waals surface area contributed by atoms with Crippen LogP contribution in [0.1, 0.15) is 72.1 Å². The molecule has 0 spiro atoms. The monoisotopic (exact) mass is 402 g/mol. The number of carbonyl (C=O) groups excluding carboxylic acids is 1. The van der Waals surface area contributed by atoms with Gasteiger partial charge in [0.25, 0.3) is 0 Å². The van der Waals surface area contributed by atoms with Crippen LogP contribution in [-0.2, 0) is 19.0 Å². The molecule has 162 valence electrons. The maximum Gasteiger partial charge on any atom is 0.309 e. The SMILES string of the molecule is C=C1CC2C[C@@H]3CCC[C@H](C[C@@H](C)/C=C/[C@H](C)[C@H](/C=C/C)OC(=O)C[C@H](C1)O2)O3. The molecule has 0 aromatic carbocycles. The second-order valence-electron chi connectivity index (χ2n) is 9.23. The van der Waals surface area contributed by atoms with Gasteiger partial charge in [0, 0.05) is 12.3 Å². The largest absolute Gasteiger partial charge is 0.457 e. The van der Waals surface area contributed by atoms with Crippen LogP contribution in [-0.4, -0.2) is 36.5 Å². The van der Waals surface area contributed by atoms with Crippen molar-refractivity contribution in [2.75, 3.05) is 0 Å². The summed E-state index contributed by atoms with van der Waals surface area (Å²) in [5.74, 6) is 0.368. The van der Waals surface area contributed by atoms with Gasteiger partial charge in [-0.05, 0) is 57.4 Å². The van der Waals surface area contributed by atoms with Crippen LogP contribution in [0.2, 0.25) is 0 Å². The van der Waals surface area contributed by atoms with E-state index >= 15 is 0 Å². The Bertz CT molecular complexity index is 622. The minimum absolute atomic E-state index is 0.0910. The van der Waals surface area contributed by atoms with E-state index in [2.05, 4.69) is 32.6 Å². The third kappa shape index (κ3) is 6.82. The normalized spacial score (nSPS) is 41.1. The first kappa shape index (κ1) is 22.3. The van der Waals surface area contributed by atoms with E-state index in [1.165, 1.54) is 12.0 Å². The number of fused-ring (bicyclic) bond motifs is 4. The van der Waals surface area contributed by atoms with Crippen molar-refractivity contribution in [3.63, 3.8) is 0 Å². The summed E-state index contributed by atoms with van der Waals surface area (Å²) in [6.07, 6.45) is 15.9. The number of esters is 1. The Labute approximate surface area is 176 Å². The smallest absolute Gasteiger partial charge is 0.309 e. The van der Waals surface area contributed by atoms with Crippen molar-refractivity contribution in [3.8, 4) is 0 Å². The van der Waals surface area contributed by atoms with Crippen molar-refractivity contribution in [1.29, 1.82) is 0 Å². The van der Waals surface area contributed by atoms with Crippen molar-refractivity contribution in [1.82, 2.24) is 0 Å². The van der Waals surface area contributed by atoms with Gasteiger partial charge in [-0.3, -0.25) is 4.79 Å². The van der Waals surface area contributed by atoms with E-state index in [1.54, 1.807) is 0 Å². The third-order valence-corrected chi connectivity index (χ3v) is 6.32. The molecule has 3 aliphatic heterocycles. The summed E-state index contributed by atoms with van der Waals surface area (Å²) in [4.78, 5) is 12.6. The number of allylic oxidation sites excluding steroid dienone is 2. The molecule has 0 aromatic rings. The van der Waals surface area contributed by atoms with Gasteiger partial charge in [-0.1, -0.05) is 44.2 Å². The molecule has 7 atom stereocenters. The van der Waals surface area contributed by atoms with Gasteiger partial charge >= 0.3 is 5.97 Å². The predicted octanol–water partition coefficient (Wildman–Crippen LogP) is 5.53. The molecule has 3 aliphatic rings. The Morgan fingerprint density at radius 1 is 0.966 bits per heavy atom. The second kappa shape index (κ2) is 10.6. The Hall–Kier alpha value is -1.39. The quantitative estimate of drug-likeness (QED) is 0.427. The summed E-state index contributed by atoms with van der Waals surface area (Å²) >= 11 is 0. The second-order valence-corrected chi connectivity index (χ2v) is 9.23. The molecular weight excluding hydrogens is 364 g/mol. The highest BCUT2D eigenvalue weighted by molar-refractivity contribution is 5.70. The molecule has 0 aliphatic carbocycles. The highest BCUT2D eigenvalue weighted by Gasteiger charge is 2.32. The Morgan fingerprint density at radius 2 is 1.66 bits per heavy atom.